The van der Waals surface area contributed by atoms with Crippen LogP contribution >= 0.6 is 12.4 Å². The van der Waals surface area contributed by atoms with E-state index in [4.69, 9.17) is 5.73 Å². The summed E-state index contributed by atoms with van der Waals surface area (Å²) in [5.41, 5.74) is 7.27. The van der Waals surface area contributed by atoms with E-state index in [0.29, 0.717) is 19.6 Å². The molecule has 1 aromatic rings. The highest BCUT2D eigenvalue weighted by atomic mass is 35.5. The molecule has 1 heterocycles. The molecule has 1 saturated heterocycles. The van der Waals surface area contributed by atoms with Crippen molar-refractivity contribution >= 4 is 24.2 Å². The summed E-state index contributed by atoms with van der Waals surface area (Å²) in [6.45, 7) is 8.32. The first-order valence-electron chi connectivity index (χ1n) is 8.80. The molecule has 1 aromatic carbocycles. The van der Waals surface area contributed by atoms with E-state index in [0.717, 1.165) is 18.5 Å². The van der Waals surface area contributed by atoms with Crippen molar-refractivity contribution in [3.05, 3.63) is 35.9 Å². The van der Waals surface area contributed by atoms with Gasteiger partial charge in [-0.05, 0) is 12.0 Å². The molecule has 2 atom stereocenters. The lowest BCUT2D eigenvalue weighted by Gasteiger charge is -2.28. The molecule has 2 amide bonds. The minimum atomic E-state index is -0.310. The standard InChI is InChI=1S/C19H29N3O2.ClH/c1-14(2)18(23)21-10-7-11-22(13-12-21)19(24)15(3)17(20)16-8-5-4-6-9-16;/h4-6,8-9,14-15,17H,7,10-13,20H2,1-3H3;1H. The van der Waals surface area contributed by atoms with E-state index in [2.05, 4.69) is 0 Å². The minimum absolute atomic E-state index is 0. The smallest absolute Gasteiger partial charge is 0.227 e. The molecule has 0 spiro atoms. The van der Waals surface area contributed by atoms with Gasteiger partial charge in [-0.25, -0.2) is 0 Å². The Bertz CT molecular complexity index is 565. The topological polar surface area (TPSA) is 66.6 Å². The number of rotatable bonds is 4. The van der Waals surface area contributed by atoms with E-state index in [1.54, 1.807) is 0 Å². The van der Waals surface area contributed by atoms with Crippen molar-refractivity contribution in [2.24, 2.45) is 17.6 Å². The maximum atomic E-state index is 12.8. The molecule has 25 heavy (non-hydrogen) atoms. The molecule has 0 saturated carbocycles. The summed E-state index contributed by atoms with van der Waals surface area (Å²) in [6, 6.07) is 9.43. The van der Waals surface area contributed by atoms with Crippen molar-refractivity contribution in [1.29, 1.82) is 0 Å². The molecule has 0 radical (unpaired) electrons. The monoisotopic (exact) mass is 367 g/mol. The Hall–Kier alpha value is -1.59. The summed E-state index contributed by atoms with van der Waals surface area (Å²) in [4.78, 5) is 28.7. The van der Waals surface area contributed by atoms with Gasteiger partial charge in [0.05, 0.1) is 5.92 Å². The van der Waals surface area contributed by atoms with Gasteiger partial charge in [0.1, 0.15) is 0 Å². The average Bonchev–Trinajstić information content (AvgIpc) is 2.85. The lowest BCUT2D eigenvalue weighted by Crippen LogP contribution is -2.42. The number of hydrogen-bond donors (Lipinski definition) is 1. The third kappa shape index (κ3) is 5.44. The van der Waals surface area contributed by atoms with E-state index < -0.39 is 0 Å². The van der Waals surface area contributed by atoms with Gasteiger partial charge in [0, 0.05) is 38.1 Å². The normalized spacial score (nSPS) is 17.5. The van der Waals surface area contributed by atoms with Gasteiger partial charge >= 0.3 is 0 Å². The molecule has 1 aliphatic rings. The highest BCUT2D eigenvalue weighted by Crippen LogP contribution is 2.22. The quantitative estimate of drug-likeness (QED) is 0.888. The summed E-state index contributed by atoms with van der Waals surface area (Å²) in [5.74, 6) is -0.0408. The van der Waals surface area contributed by atoms with Crippen molar-refractivity contribution < 1.29 is 9.59 Å². The van der Waals surface area contributed by atoms with Crippen LogP contribution in [0.15, 0.2) is 30.3 Å². The molecule has 0 aliphatic carbocycles. The maximum absolute atomic E-state index is 12.8. The fourth-order valence-corrected chi connectivity index (χ4v) is 3.13. The molecule has 0 aromatic heterocycles. The zero-order valence-corrected chi connectivity index (χ0v) is 16.2. The van der Waals surface area contributed by atoms with Crippen molar-refractivity contribution in [2.75, 3.05) is 26.2 Å². The second kappa shape index (κ2) is 9.78. The number of halogens is 1. The first kappa shape index (κ1) is 21.5. The molecule has 2 rings (SSSR count). The summed E-state index contributed by atoms with van der Waals surface area (Å²) in [7, 11) is 0. The van der Waals surface area contributed by atoms with Gasteiger partial charge in [0.15, 0.2) is 0 Å². The summed E-state index contributed by atoms with van der Waals surface area (Å²) in [6.07, 6.45) is 0.817. The third-order valence-electron chi connectivity index (χ3n) is 4.73. The Balaban J connectivity index is 0.00000312. The van der Waals surface area contributed by atoms with E-state index in [9.17, 15) is 9.59 Å². The predicted octanol–water partition coefficient (Wildman–Crippen LogP) is 2.46. The SMILES string of the molecule is CC(C)C(=O)N1CCCN(C(=O)C(C)C(N)c2ccccc2)CC1.Cl. The Morgan fingerprint density at radius 1 is 0.920 bits per heavy atom. The van der Waals surface area contributed by atoms with Crippen LogP contribution in [-0.2, 0) is 9.59 Å². The molecular weight excluding hydrogens is 338 g/mol. The average molecular weight is 368 g/mol. The predicted molar refractivity (Wildman–Crippen MR) is 102 cm³/mol. The Kier molecular flexibility index (Phi) is 8.39. The number of nitrogens with zero attached hydrogens (tertiary/aromatic N) is 2. The van der Waals surface area contributed by atoms with Crippen molar-refractivity contribution in [3.63, 3.8) is 0 Å². The van der Waals surface area contributed by atoms with Crippen LogP contribution in [0.1, 0.15) is 38.8 Å². The van der Waals surface area contributed by atoms with Gasteiger partial charge in [-0.15, -0.1) is 12.4 Å². The van der Waals surface area contributed by atoms with Gasteiger partial charge in [-0.1, -0.05) is 51.1 Å². The number of carbonyl (C=O) groups excluding carboxylic acids is 2. The molecule has 5 nitrogen and oxygen atoms in total. The lowest BCUT2D eigenvalue weighted by molar-refractivity contribution is -0.137. The van der Waals surface area contributed by atoms with E-state index in [-0.39, 0.29) is 42.1 Å². The second-order valence-electron chi connectivity index (χ2n) is 6.88. The van der Waals surface area contributed by atoms with Gasteiger partial charge < -0.3 is 15.5 Å². The van der Waals surface area contributed by atoms with Crippen LogP contribution in [0, 0.1) is 11.8 Å². The minimum Gasteiger partial charge on any atom is -0.341 e. The molecule has 2 unspecified atom stereocenters. The zero-order chi connectivity index (χ0) is 17.7. The summed E-state index contributed by atoms with van der Waals surface area (Å²) >= 11 is 0. The van der Waals surface area contributed by atoms with E-state index in [1.807, 2.05) is 60.9 Å². The maximum Gasteiger partial charge on any atom is 0.227 e. The Morgan fingerprint density at radius 3 is 1.96 bits per heavy atom. The Morgan fingerprint density at radius 2 is 1.44 bits per heavy atom. The second-order valence-corrected chi connectivity index (χ2v) is 6.88. The zero-order valence-electron chi connectivity index (χ0n) is 15.4. The number of hydrogen-bond acceptors (Lipinski definition) is 3. The summed E-state index contributed by atoms with van der Waals surface area (Å²) < 4.78 is 0. The van der Waals surface area contributed by atoms with Gasteiger partial charge in [-0.3, -0.25) is 9.59 Å². The van der Waals surface area contributed by atoms with Crippen LogP contribution in [0.4, 0.5) is 0 Å². The molecule has 1 aliphatic heterocycles. The van der Waals surface area contributed by atoms with E-state index >= 15 is 0 Å². The fourth-order valence-electron chi connectivity index (χ4n) is 3.13. The molecule has 2 N–H and O–H groups in total. The highest BCUT2D eigenvalue weighted by molar-refractivity contribution is 5.85. The van der Waals surface area contributed by atoms with Crippen molar-refractivity contribution in [2.45, 2.75) is 33.2 Å². The van der Waals surface area contributed by atoms with Gasteiger partial charge in [0.25, 0.3) is 0 Å². The third-order valence-corrected chi connectivity index (χ3v) is 4.73. The van der Waals surface area contributed by atoms with Gasteiger partial charge in [0.2, 0.25) is 11.8 Å². The number of benzene rings is 1. The fraction of sp³-hybridized carbons (Fsp3) is 0.579. The van der Waals surface area contributed by atoms with E-state index in [1.165, 1.54) is 0 Å². The molecule has 1 fully saturated rings. The van der Waals surface area contributed by atoms with Crippen LogP contribution in [-0.4, -0.2) is 47.8 Å². The van der Waals surface area contributed by atoms with Crippen LogP contribution in [0.25, 0.3) is 0 Å². The van der Waals surface area contributed by atoms with Crippen LogP contribution in [0.5, 0.6) is 0 Å². The first-order valence-corrected chi connectivity index (χ1v) is 8.80. The van der Waals surface area contributed by atoms with Gasteiger partial charge in [-0.2, -0.15) is 0 Å². The first-order chi connectivity index (χ1) is 11.4. The molecule has 140 valence electrons. The highest BCUT2D eigenvalue weighted by Gasteiger charge is 2.29. The molecular formula is C19H30ClN3O2. The van der Waals surface area contributed by atoms with Crippen LogP contribution < -0.4 is 5.73 Å². The number of carbonyl (C=O) groups is 2. The lowest BCUT2D eigenvalue weighted by atomic mass is 9.94. The molecule has 0 bridgehead atoms. The van der Waals surface area contributed by atoms with Crippen LogP contribution in [0.3, 0.4) is 0 Å². The van der Waals surface area contributed by atoms with Crippen molar-refractivity contribution in [1.82, 2.24) is 9.80 Å². The molecule has 6 heteroatoms. The Labute approximate surface area is 157 Å². The largest absolute Gasteiger partial charge is 0.341 e. The summed E-state index contributed by atoms with van der Waals surface area (Å²) in [5, 5.41) is 0. The van der Waals surface area contributed by atoms with Crippen molar-refractivity contribution in [3.8, 4) is 0 Å². The number of amides is 2. The number of nitrogens with two attached hydrogens (primary N) is 1. The van der Waals surface area contributed by atoms with Crippen LogP contribution in [0.2, 0.25) is 0 Å².